The second kappa shape index (κ2) is 36.3. The molecule has 0 heterocycles. The fourth-order valence-corrected chi connectivity index (χ4v) is 3.83. The number of aliphatic hydroxyl groups excluding tert-OH is 1. The van der Waals surface area contributed by atoms with E-state index in [1.54, 1.807) is 14.2 Å². The third-order valence-electron chi connectivity index (χ3n) is 3.55. The lowest BCUT2D eigenvalue weighted by Gasteiger charge is -2.02. The van der Waals surface area contributed by atoms with Crippen molar-refractivity contribution >= 4 is 36.5 Å². The Kier molecular flexibility index (Phi) is 41.4. The first-order chi connectivity index (χ1) is 17.1. The normalized spacial score (nSPS) is 8.11. The molecule has 1 N–H and O–H groups in total. The summed E-state index contributed by atoms with van der Waals surface area (Å²) in [5, 5.41) is 7.00. The molecule has 0 unspecified atom stereocenters. The van der Waals surface area contributed by atoms with Gasteiger partial charge in [0.25, 0.3) is 0 Å². The summed E-state index contributed by atoms with van der Waals surface area (Å²) in [5.74, 6) is 6.57. The second-order valence-corrected chi connectivity index (χ2v) is 8.09. The molecule has 2 aromatic carbocycles. The molecule has 0 saturated carbocycles. The number of aliphatic hydroxyl groups is 1. The van der Waals surface area contributed by atoms with E-state index in [1.807, 2.05) is 68.4 Å². The van der Waals surface area contributed by atoms with Crippen molar-refractivity contribution in [2.75, 3.05) is 32.8 Å². The standard InChI is InChI=1S/2C11H16OS.C2H6.CO2.CH4O.CH2O/c2*1-3-8-13-9-10-4-6-11(12-2)7-5-10;1-2;2-1-3;2*1-2/h2*4-7H,3,8-9H2,1-2H3;1-2H3;;2H,1H3;1H2. The number of carbonyl (C=O) groups excluding carboxylic acids is 3. The summed E-state index contributed by atoms with van der Waals surface area (Å²) in [7, 11) is 4.39. The van der Waals surface area contributed by atoms with Crippen LogP contribution in [0, 0.1) is 0 Å². The van der Waals surface area contributed by atoms with Crippen molar-refractivity contribution in [3.63, 3.8) is 0 Å². The van der Waals surface area contributed by atoms with Crippen LogP contribution in [0.4, 0.5) is 0 Å². The minimum absolute atomic E-state index is 0.250. The zero-order valence-corrected chi connectivity index (χ0v) is 24.0. The lowest BCUT2D eigenvalue weighted by molar-refractivity contribution is -0.191. The Morgan fingerprint density at radius 1 is 0.714 bits per heavy atom. The Morgan fingerprint density at radius 2 is 0.971 bits per heavy atom. The first-order valence-electron chi connectivity index (χ1n) is 11.3. The Bertz CT molecular complexity index is 620. The van der Waals surface area contributed by atoms with Crippen LogP contribution in [0.3, 0.4) is 0 Å². The molecule has 2 rings (SSSR count). The molecule has 0 bridgehead atoms. The van der Waals surface area contributed by atoms with Crippen LogP contribution in [0.25, 0.3) is 0 Å². The van der Waals surface area contributed by atoms with Gasteiger partial charge in [-0.1, -0.05) is 52.0 Å². The highest BCUT2D eigenvalue weighted by Gasteiger charge is 1.94. The first kappa shape index (κ1) is 39.9. The predicted octanol–water partition coefficient (Wildman–Crippen LogP) is 6.54. The van der Waals surface area contributed by atoms with Crippen molar-refractivity contribution in [2.45, 2.75) is 52.0 Å². The van der Waals surface area contributed by atoms with Crippen molar-refractivity contribution in [3.8, 4) is 11.5 Å². The van der Waals surface area contributed by atoms with Crippen molar-refractivity contribution in [1.29, 1.82) is 0 Å². The summed E-state index contributed by atoms with van der Waals surface area (Å²) in [4.78, 5) is 24.2. The average molecular weight is 529 g/mol. The molecule has 0 fully saturated rings. The second-order valence-electron chi connectivity index (χ2n) is 5.88. The fourth-order valence-electron chi connectivity index (χ4n) is 2.11. The highest BCUT2D eigenvalue weighted by Crippen LogP contribution is 2.17. The molecule has 200 valence electrons. The quantitative estimate of drug-likeness (QED) is 0.348. The maximum absolute atomic E-state index is 8.12. The van der Waals surface area contributed by atoms with Crippen LogP contribution in [-0.2, 0) is 25.9 Å². The van der Waals surface area contributed by atoms with E-state index in [9.17, 15) is 0 Å². The summed E-state index contributed by atoms with van der Waals surface area (Å²) in [6.45, 7) is 10.4. The summed E-state index contributed by atoms with van der Waals surface area (Å²) in [6.07, 6.45) is 2.75. The van der Waals surface area contributed by atoms with E-state index < -0.39 is 0 Å². The molecule has 0 aliphatic heterocycles. The summed E-state index contributed by atoms with van der Waals surface area (Å²) in [6, 6.07) is 16.6. The topological polar surface area (TPSA) is 89.9 Å². The third-order valence-corrected chi connectivity index (χ3v) is 6.02. The van der Waals surface area contributed by atoms with Crippen molar-refractivity contribution in [2.24, 2.45) is 0 Å². The Balaban J connectivity index is -0.000000207. The molecule has 0 atom stereocenters. The molecule has 0 aromatic heterocycles. The zero-order valence-electron chi connectivity index (χ0n) is 22.4. The minimum Gasteiger partial charge on any atom is -0.497 e. The summed E-state index contributed by atoms with van der Waals surface area (Å²) < 4.78 is 10.2. The zero-order chi connectivity index (χ0) is 27.7. The molecule has 0 aliphatic carbocycles. The van der Waals surface area contributed by atoms with Crippen molar-refractivity contribution < 1.29 is 29.0 Å². The summed E-state index contributed by atoms with van der Waals surface area (Å²) in [5.41, 5.74) is 2.75. The maximum atomic E-state index is 8.12. The SMILES string of the molecule is C=O.CC.CCCSCc1ccc(OC)cc1.CCCSCc1ccc(OC)cc1.CO.O=C=O. The van der Waals surface area contributed by atoms with Gasteiger partial charge in [-0.05, 0) is 59.7 Å². The number of hydrogen-bond acceptors (Lipinski definition) is 8. The molecule has 0 saturated heterocycles. The Morgan fingerprint density at radius 3 is 1.17 bits per heavy atom. The largest absolute Gasteiger partial charge is 0.497 e. The monoisotopic (exact) mass is 528 g/mol. The summed E-state index contributed by atoms with van der Waals surface area (Å²) >= 11 is 3.96. The smallest absolute Gasteiger partial charge is 0.373 e. The molecule has 0 spiro atoms. The van der Waals surface area contributed by atoms with E-state index >= 15 is 0 Å². The highest BCUT2D eigenvalue weighted by molar-refractivity contribution is 7.98. The van der Waals surface area contributed by atoms with Gasteiger partial charge in [-0.2, -0.15) is 33.1 Å². The molecular weight excluding hydrogens is 484 g/mol. The van der Waals surface area contributed by atoms with Crippen molar-refractivity contribution in [1.82, 2.24) is 0 Å². The lowest BCUT2D eigenvalue weighted by Crippen LogP contribution is -1.85. The fraction of sp³-hybridized carbons (Fsp3) is 0.481. The van der Waals surface area contributed by atoms with Gasteiger partial charge in [0.2, 0.25) is 0 Å². The molecule has 8 heteroatoms. The Labute approximate surface area is 221 Å². The van der Waals surface area contributed by atoms with Crippen LogP contribution in [0.5, 0.6) is 11.5 Å². The Hall–Kier alpha value is -2.25. The number of ether oxygens (including phenoxy) is 2. The van der Waals surface area contributed by atoms with Crippen molar-refractivity contribution in [3.05, 3.63) is 59.7 Å². The van der Waals surface area contributed by atoms with E-state index in [0.717, 1.165) is 30.1 Å². The van der Waals surface area contributed by atoms with E-state index in [-0.39, 0.29) is 6.15 Å². The van der Waals surface area contributed by atoms with Crippen LogP contribution in [-0.4, -0.2) is 50.9 Å². The molecular formula is C27H44O6S2. The van der Waals surface area contributed by atoms with E-state index in [4.69, 9.17) is 29.0 Å². The van der Waals surface area contributed by atoms with Crippen LogP contribution < -0.4 is 9.47 Å². The number of hydrogen-bond donors (Lipinski definition) is 1. The molecule has 0 aliphatic rings. The minimum atomic E-state index is 0.250. The van der Waals surface area contributed by atoms with Crippen LogP contribution in [0.15, 0.2) is 48.5 Å². The van der Waals surface area contributed by atoms with Gasteiger partial charge in [0, 0.05) is 18.6 Å². The van der Waals surface area contributed by atoms with Gasteiger partial charge in [-0.15, -0.1) is 0 Å². The maximum Gasteiger partial charge on any atom is 0.373 e. The van der Waals surface area contributed by atoms with E-state index in [0.29, 0.717) is 0 Å². The van der Waals surface area contributed by atoms with Gasteiger partial charge in [0.05, 0.1) is 14.2 Å². The lowest BCUT2D eigenvalue weighted by atomic mass is 10.2. The van der Waals surface area contributed by atoms with Gasteiger partial charge in [-0.25, -0.2) is 0 Å². The molecule has 0 radical (unpaired) electrons. The van der Waals surface area contributed by atoms with E-state index in [1.165, 1.54) is 35.5 Å². The number of rotatable bonds is 10. The van der Waals surface area contributed by atoms with Gasteiger partial charge in [0.1, 0.15) is 18.3 Å². The number of benzene rings is 2. The number of carbonyl (C=O) groups is 1. The average Bonchev–Trinajstić information content (AvgIpc) is 2.94. The van der Waals surface area contributed by atoms with Gasteiger partial charge >= 0.3 is 6.15 Å². The number of thioether (sulfide) groups is 2. The van der Waals surface area contributed by atoms with Gasteiger partial charge in [0.15, 0.2) is 0 Å². The molecule has 2 aromatic rings. The molecule has 0 amide bonds. The predicted molar refractivity (Wildman–Crippen MR) is 151 cm³/mol. The van der Waals surface area contributed by atoms with Gasteiger partial charge in [-0.3, -0.25) is 0 Å². The molecule has 6 nitrogen and oxygen atoms in total. The molecule has 35 heavy (non-hydrogen) atoms. The van der Waals surface area contributed by atoms with Crippen LogP contribution in [0.2, 0.25) is 0 Å². The van der Waals surface area contributed by atoms with E-state index in [2.05, 4.69) is 38.1 Å². The van der Waals surface area contributed by atoms with Crippen LogP contribution in [0.1, 0.15) is 51.7 Å². The first-order valence-corrected chi connectivity index (χ1v) is 13.6. The third kappa shape index (κ3) is 27.9. The number of methoxy groups -OCH3 is 2. The van der Waals surface area contributed by atoms with Gasteiger partial charge < -0.3 is 19.4 Å². The highest BCUT2D eigenvalue weighted by atomic mass is 32.2. The van der Waals surface area contributed by atoms with Crippen LogP contribution >= 0.6 is 23.5 Å².